The fraction of sp³-hybridized carbons (Fsp3) is 0.235. The molecule has 0 bridgehead atoms. The summed E-state index contributed by atoms with van der Waals surface area (Å²) < 4.78 is 4.97. The predicted molar refractivity (Wildman–Crippen MR) is 100 cm³/mol. The van der Waals surface area contributed by atoms with E-state index in [-0.39, 0.29) is 10.6 Å². The van der Waals surface area contributed by atoms with Crippen LogP contribution in [0.4, 0.5) is 5.00 Å². The number of esters is 1. The Morgan fingerprint density at radius 1 is 1.19 bits per heavy atom. The SMILES string of the molecule is NC(=O)c1c(NC(=O)COC(=O)c2ccc(Cl)c(Cl)c2)sc2c1CCC2. The number of hydrogen-bond donors (Lipinski definition) is 2. The number of rotatable bonds is 5. The lowest BCUT2D eigenvalue weighted by molar-refractivity contribution is -0.119. The van der Waals surface area contributed by atoms with Crippen molar-refractivity contribution in [1.29, 1.82) is 0 Å². The van der Waals surface area contributed by atoms with E-state index in [2.05, 4.69) is 5.32 Å². The zero-order valence-electron chi connectivity index (χ0n) is 13.4. The number of ether oxygens (including phenoxy) is 1. The third kappa shape index (κ3) is 3.85. The van der Waals surface area contributed by atoms with Crippen molar-refractivity contribution in [2.45, 2.75) is 19.3 Å². The van der Waals surface area contributed by atoms with E-state index in [1.807, 2.05) is 0 Å². The Kier molecular flexibility index (Phi) is 5.50. The molecule has 1 aromatic heterocycles. The Morgan fingerprint density at radius 3 is 2.65 bits per heavy atom. The standard InChI is InChI=1S/C17H14Cl2N2O4S/c18-10-5-4-8(6-11(10)19)17(24)25-7-13(22)21-16-14(15(20)23)9-2-1-3-12(9)26-16/h4-6H,1-3,7H2,(H2,20,23)(H,21,22). The molecule has 9 heteroatoms. The second-order valence-electron chi connectivity index (χ2n) is 5.68. The van der Waals surface area contributed by atoms with Crippen LogP contribution in [-0.2, 0) is 22.4 Å². The molecule has 1 aliphatic rings. The van der Waals surface area contributed by atoms with Gasteiger partial charge < -0.3 is 15.8 Å². The summed E-state index contributed by atoms with van der Waals surface area (Å²) in [5.41, 5.74) is 6.88. The van der Waals surface area contributed by atoms with E-state index in [1.54, 1.807) is 0 Å². The first-order valence-corrected chi connectivity index (χ1v) is 9.30. The topological polar surface area (TPSA) is 98.5 Å². The quantitative estimate of drug-likeness (QED) is 0.734. The van der Waals surface area contributed by atoms with Crippen LogP contribution >= 0.6 is 34.5 Å². The molecule has 0 radical (unpaired) electrons. The van der Waals surface area contributed by atoms with Crippen LogP contribution in [0.15, 0.2) is 18.2 Å². The van der Waals surface area contributed by atoms with Crippen molar-refractivity contribution in [3.63, 3.8) is 0 Å². The molecule has 1 aliphatic carbocycles. The number of nitrogens with one attached hydrogen (secondary N) is 1. The number of carbonyl (C=O) groups excluding carboxylic acids is 3. The summed E-state index contributed by atoms with van der Waals surface area (Å²) in [6.45, 7) is -0.500. The Morgan fingerprint density at radius 2 is 1.96 bits per heavy atom. The van der Waals surface area contributed by atoms with Gasteiger partial charge in [0.2, 0.25) is 0 Å². The fourth-order valence-corrected chi connectivity index (χ4v) is 4.36. The maximum Gasteiger partial charge on any atom is 0.338 e. The molecule has 6 nitrogen and oxygen atoms in total. The van der Waals surface area contributed by atoms with Gasteiger partial charge in [-0.1, -0.05) is 23.2 Å². The average Bonchev–Trinajstić information content (AvgIpc) is 3.15. The molecule has 0 aliphatic heterocycles. The van der Waals surface area contributed by atoms with E-state index in [1.165, 1.54) is 29.5 Å². The van der Waals surface area contributed by atoms with Crippen molar-refractivity contribution in [3.8, 4) is 0 Å². The fourth-order valence-electron chi connectivity index (χ4n) is 2.75. The molecule has 1 heterocycles. The predicted octanol–water partition coefficient (Wildman–Crippen LogP) is 3.44. The summed E-state index contributed by atoms with van der Waals surface area (Å²) in [5.74, 6) is -1.84. The normalized spacial score (nSPS) is 12.5. The van der Waals surface area contributed by atoms with E-state index in [4.69, 9.17) is 33.7 Å². The highest BCUT2D eigenvalue weighted by molar-refractivity contribution is 7.17. The number of primary amides is 1. The number of benzene rings is 1. The summed E-state index contributed by atoms with van der Waals surface area (Å²) in [6.07, 6.45) is 2.60. The van der Waals surface area contributed by atoms with Gasteiger partial charge in [-0.05, 0) is 43.0 Å². The number of halogens is 2. The highest BCUT2D eigenvalue weighted by atomic mass is 35.5. The molecule has 3 rings (SSSR count). The molecule has 0 spiro atoms. The largest absolute Gasteiger partial charge is 0.452 e. The van der Waals surface area contributed by atoms with Crippen molar-refractivity contribution >= 4 is 57.3 Å². The van der Waals surface area contributed by atoms with Gasteiger partial charge in [-0.25, -0.2) is 4.79 Å². The zero-order chi connectivity index (χ0) is 18.8. The van der Waals surface area contributed by atoms with Gasteiger partial charge in [0.15, 0.2) is 6.61 Å². The maximum absolute atomic E-state index is 12.1. The first kappa shape index (κ1) is 18.7. The van der Waals surface area contributed by atoms with Gasteiger partial charge in [0.05, 0.1) is 21.2 Å². The minimum absolute atomic E-state index is 0.181. The minimum atomic E-state index is -0.706. The Labute approximate surface area is 163 Å². The zero-order valence-corrected chi connectivity index (χ0v) is 15.8. The second kappa shape index (κ2) is 7.65. The maximum atomic E-state index is 12.1. The van der Waals surface area contributed by atoms with Crippen LogP contribution in [0.5, 0.6) is 0 Å². The molecular weight excluding hydrogens is 399 g/mol. The third-order valence-corrected chi connectivity index (χ3v) is 5.86. The van der Waals surface area contributed by atoms with Crippen molar-refractivity contribution in [3.05, 3.63) is 49.8 Å². The smallest absolute Gasteiger partial charge is 0.338 e. The van der Waals surface area contributed by atoms with Crippen LogP contribution in [0.1, 0.15) is 37.6 Å². The highest BCUT2D eigenvalue weighted by Gasteiger charge is 2.26. The number of hydrogen-bond acceptors (Lipinski definition) is 5. The van der Waals surface area contributed by atoms with E-state index in [0.29, 0.717) is 15.6 Å². The van der Waals surface area contributed by atoms with Crippen molar-refractivity contribution in [2.75, 3.05) is 11.9 Å². The van der Waals surface area contributed by atoms with Crippen LogP contribution < -0.4 is 11.1 Å². The van der Waals surface area contributed by atoms with Gasteiger partial charge in [-0.15, -0.1) is 11.3 Å². The molecule has 3 N–H and O–H groups in total. The van der Waals surface area contributed by atoms with Gasteiger partial charge in [-0.2, -0.15) is 0 Å². The number of aryl methyl sites for hydroxylation is 1. The van der Waals surface area contributed by atoms with E-state index < -0.39 is 24.4 Å². The first-order valence-electron chi connectivity index (χ1n) is 7.73. The molecule has 0 saturated heterocycles. The molecule has 0 atom stereocenters. The molecule has 1 aromatic carbocycles. The molecular formula is C17H14Cl2N2O4S. The molecule has 0 saturated carbocycles. The van der Waals surface area contributed by atoms with Crippen LogP contribution in [0.25, 0.3) is 0 Å². The molecule has 0 unspecified atom stereocenters. The molecule has 2 aromatic rings. The molecule has 2 amide bonds. The van der Waals surface area contributed by atoms with E-state index >= 15 is 0 Å². The van der Waals surface area contributed by atoms with Gasteiger partial charge in [0, 0.05) is 4.88 Å². The Balaban J connectivity index is 1.64. The third-order valence-electron chi connectivity index (χ3n) is 3.91. The van der Waals surface area contributed by atoms with Crippen molar-refractivity contribution in [2.24, 2.45) is 5.73 Å². The summed E-state index contributed by atoms with van der Waals surface area (Å²) >= 11 is 13.0. The van der Waals surface area contributed by atoms with Gasteiger partial charge in [0.25, 0.3) is 11.8 Å². The Hall–Kier alpha value is -2.09. The molecule has 136 valence electrons. The number of fused-ring (bicyclic) bond motifs is 1. The van der Waals surface area contributed by atoms with E-state index in [9.17, 15) is 14.4 Å². The average molecular weight is 413 g/mol. The van der Waals surface area contributed by atoms with Crippen molar-refractivity contribution < 1.29 is 19.1 Å². The summed E-state index contributed by atoms with van der Waals surface area (Å²) in [6, 6.07) is 4.27. The molecule has 26 heavy (non-hydrogen) atoms. The van der Waals surface area contributed by atoms with Gasteiger partial charge in [0.1, 0.15) is 5.00 Å². The van der Waals surface area contributed by atoms with Gasteiger partial charge in [-0.3, -0.25) is 9.59 Å². The number of thiophene rings is 1. The number of anilines is 1. The van der Waals surface area contributed by atoms with Crippen molar-refractivity contribution in [1.82, 2.24) is 0 Å². The lowest BCUT2D eigenvalue weighted by Crippen LogP contribution is -2.22. The van der Waals surface area contributed by atoms with Crippen LogP contribution in [0.2, 0.25) is 10.0 Å². The highest BCUT2D eigenvalue weighted by Crippen LogP contribution is 2.38. The van der Waals surface area contributed by atoms with Gasteiger partial charge >= 0.3 is 5.97 Å². The summed E-state index contributed by atoms with van der Waals surface area (Å²) in [4.78, 5) is 36.8. The number of carbonyl (C=O) groups is 3. The van der Waals surface area contributed by atoms with E-state index in [0.717, 1.165) is 29.7 Å². The lowest BCUT2D eigenvalue weighted by atomic mass is 10.1. The lowest BCUT2D eigenvalue weighted by Gasteiger charge is -2.07. The monoisotopic (exact) mass is 412 g/mol. The van der Waals surface area contributed by atoms with Crippen LogP contribution in [0, 0.1) is 0 Å². The second-order valence-corrected chi connectivity index (χ2v) is 7.60. The Bertz CT molecular complexity index is 910. The number of nitrogens with two attached hydrogens (primary N) is 1. The number of amides is 2. The minimum Gasteiger partial charge on any atom is -0.452 e. The summed E-state index contributed by atoms with van der Waals surface area (Å²) in [7, 11) is 0. The first-order chi connectivity index (χ1) is 12.4. The van der Waals surface area contributed by atoms with Crippen LogP contribution in [-0.4, -0.2) is 24.4 Å². The summed E-state index contributed by atoms with van der Waals surface area (Å²) in [5, 5.41) is 3.53. The van der Waals surface area contributed by atoms with Crippen LogP contribution in [0.3, 0.4) is 0 Å². The molecule has 0 fully saturated rings.